The Bertz CT molecular complexity index is 585. The minimum absolute atomic E-state index is 0.0274. The zero-order chi connectivity index (χ0) is 18.9. The zero-order valence-electron chi connectivity index (χ0n) is 16.6. The van der Waals surface area contributed by atoms with E-state index in [9.17, 15) is 4.79 Å². The van der Waals surface area contributed by atoms with Gasteiger partial charge in [0.1, 0.15) is 11.9 Å². The minimum atomic E-state index is -0.359. The predicted octanol–water partition coefficient (Wildman–Crippen LogP) is 5.07. The summed E-state index contributed by atoms with van der Waals surface area (Å²) in [6.07, 6.45) is 9.43. The Morgan fingerprint density at radius 2 is 1.93 bits per heavy atom. The van der Waals surface area contributed by atoms with Crippen LogP contribution in [0.3, 0.4) is 0 Å². The van der Waals surface area contributed by atoms with Crippen molar-refractivity contribution in [2.45, 2.75) is 64.4 Å². The lowest BCUT2D eigenvalue weighted by atomic mass is 9.86. The van der Waals surface area contributed by atoms with Crippen molar-refractivity contribution in [2.75, 3.05) is 31.6 Å². The third-order valence-corrected chi connectivity index (χ3v) is 5.70. The zero-order valence-corrected chi connectivity index (χ0v) is 16.6. The van der Waals surface area contributed by atoms with Crippen LogP contribution in [0, 0.1) is 5.92 Å². The summed E-state index contributed by atoms with van der Waals surface area (Å²) in [6.45, 7) is 6.12. The van der Waals surface area contributed by atoms with Gasteiger partial charge in [-0.1, -0.05) is 45.1 Å². The quantitative estimate of drug-likeness (QED) is 0.581. The molecule has 5 nitrogen and oxygen atoms in total. The van der Waals surface area contributed by atoms with Gasteiger partial charge in [0.05, 0.1) is 6.61 Å². The number of rotatable bonds is 10. The van der Waals surface area contributed by atoms with Crippen LogP contribution in [0.15, 0.2) is 24.3 Å². The Morgan fingerprint density at radius 1 is 1.15 bits per heavy atom. The first kappa shape index (κ1) is 20.0. The molecule has 3 heterocycles. The van der Waals surface area contributed by atoms with Crippen LogP contribution in [-0.2, 0) is 4.74 Å². The smallest absolute Gasteiger partial charge is 0.411 e. The monoisotopic (exact) mass is 374 g/mol. The molecule has 1 aromatic rings. The molecule has 2 bridgehead atoms. The first-order chi connectivity index (χ1) is 13.2. The number of carbonyl (C=O) groups is 1. The van der Waals surface area contributed by atoms with Crippen LogP contribution < -0.4 is 10.1 Å². The van der Waals surface area contributed by atoms with Crippen molar-refractivity contribution in [3.8, 4) is 5.75 Å². The second-order valence-corrected chi connectivity index (χ2v) is 7.85. The lowest BCUT2D eigenvalue weighted by Crippen LogP contribution is -2.52. The summed E-state index contributed by atoms with van der Waals surface area (Å²) in [6, 6.07) is 7.58. The molecule has 1 atom stereocenters. The van der Waals surface area contributed by atoms with E-state index in [4.69, 9.17) is 9.47 Å². The molecule has 3 saturated heterocycles. The fraction of sp³-hybridized carbons (Fsp3) is 0.682. The molecule has 3 aliphatic heterocycles. The van der Waals surface area contributed by atoms with Crippen LogP contribution in [0.4, 0.5) is 10.5 Å². The number of piperidine rings is 3. The van der Waals surface area contributed by atoms with Crippen molar-refractivity contribution in [1.29, 1.82) is 0 Å². The molecule has 4 rings (SSSR count). The average Bonchev–Trinajstić information content (AvgIpc) is 2.68. The van der Waals surface area contributed by atoms with Gasteiger partial charge in [-0.25, -0.2) is 4.79 Å². The normalized spacial score (nSPS) is 23.8. The minimum Gasteiger partial charge on any atom is -0.494 e. The van der Waals surface area contributed by atoms with Gasteiger partial charge in [0.25, 0.3) is 0 Å². The number of benzene rings is 1. The lowest BCUT2D eigenvalue weighted by molar-refractivity contribution is -0.0289. The van der Waals surface area contributed by atoms with E-state index in [0.29, 0.717) is 5.92 Å². The van der Waals surface area contributed by atoms with Gasteiger partial charge in [-0.05, 0) is 50.4 Å². The van der Waals surface area contributed by atoms with Gasteiger partial charge < -0.3 is 9.47 Å². The third-order valence-electron chi connectivity index (χ3n) is 5.70. The first-order valence-electron chi connectivity index (χ1n) is 10.7. The molecule has 27 heavy (non-hydrogen) atoms. The summed E-state index contributed by atoms with van der Waals surface area (Å²) in [4.78, 5) is 14.6. The van der Waals surface area contributed by atoms with E-state index < -0.39 is 0 Å². The highest BCUT2D eigenvalue weighted by Gasteiger charge is 2.36. The molecule has 5 heteroatoms. The van der Waals surface area contributed by atoms with Gasteiger partial charge in [-0.2, -0.15) is 0 Å². The van der Waals surface area contributed by atoms with E-state index in [-0.39, 0.29) is 12.2 Å². The van der Waals surface area contributed by atoms with Gasteiger partial charge in [0, 0.05) is 18.3 Å². The van der Waals surface area contributed by atoms with Crippen LogP contribution in [0.2, 0.25) is 0 Å². The molecular formula is C22H34N2O3. The van der Waals surface area contributed by atoms with Crippen LogP contribution in [0.25, 0.3) is 0 Å². The second kappa shape index (κ2) is 10.5. The number of anilines is 1. The molecule has 0 aliphatic carbocycles. The highest BCUT2D eigenvalue weighted by molar-refractivity contribution is 5.85. The SMILES string of the molecule is CCCCCCCCOc1cccc(NC(=O)OC2CN3CCC2CC3)c1. The van der Waals surface area contributed by atoms with Crippen molar-refractivity contribution in [3.05, 3.63) is 24.3 Å². The van der Waals surface area contributed by atoms with Gasteiger partial charge in [-0.3, -0.25) is 10.2 Å². The molecule has 1 amide bonds. The van der Waals surface area contributed by atoms with E-state index in [1.165, 1.54) is 32.1 Å². The highest BCUT2D eigenvalue weighted by atomic mass is 16.6. The Morgan fingerprint density at radius 3 is 2.67 bits per heavy atom. The molecule has 150 valence electrons. The molecule has 1 aromatic carbocycles. The Labute approximate surface area is 163 Å². The fourth-order valence-corrected chi connectivity index (χ4v) is 4.07. The molecule has 0 saturated carbocycles. The summed E-state index contributed by atoms with van der Waals surface area (Å²) in [5.41, 5.74) is 0.724. The number of ether oxygens (including phenoxy) is 2. The molecule has 0 aromatic heterocycles. The number of hydrogen-bond donors (Lipinski definition) is 1. The number of unbranched alkanes of at least 4 members (excludes halogenated alkanes) is 5. The van der Waals surface area contributed by atoms with Crippen LogP contribution in [0.5, 0.6) is 5.75 Å². The van der Waals surface area contributed by atoms with Gasteiger partial charge in [0.15, 0.2) is 0 Å². The molecule has 1 N–H and O–H groups in total. The summed E-state index contributed by atoms with van der Waals surface area (Å²) in [5, 5.41) is 2.85. The van der Waals surface area contributed by atoms with Crippen molar-refractivity contribution in [3.63, 3.8) is 0 Å². The predicted molar refractivity (Wildman–Crippen MR) is 108 cm³/mol. The fourth-order valence-electron chi connectivity index (χ4n) is 4.07. The number of carbonyl (C=O) groups excluding carboxylic acids is 1. The van der Waals surface area contributed by atoms with E-state index in [2.05, 4.69) is 17.1 Å². The van der Waals surface area contributed by atoms with Gasteiger partial charge in [-0.15, -0.1) is 0 Å². The highest BCUT2D eigenvalue weighted by Crippen LogP contribution is 2.29. The van der Waals surface area contributed by atoms with Crippen molar-refractivity contribution in [2.24, 2.45) is 5.92 Å². The Hall–Kier alpha value is -1.75. The van der Waals surface area contributed by atoms with E-state index in [0.717, 1.165) is 56.9 Å². The number of nitrogens with one attached hydrogen (secondary N) is 1. The summed E-state index contributed by atoms with van der Waals surface area (Å²) in [5.74, 6) is 1.32. The van der Waals surface area contributed by atoms with Crippen LogP contribution in [-0.4, -0.2) is 43.3 Å². The maximum Gasteiger partial charge on any atom is 0.411 e. The molecule has 1 unspecified atom stereocenters. The van der Waals surface area contributed by atoms with Crippen molar-refractivity contribution in [1.82, 2.24) is 4.90 Å². The lowest BCUT2D eigenvalue weighted by Gasteiger charge is -2.43. The van der Waals surface area contributed by atoms with Crippen molar-refractivity contribution >= 4 is 11.8 Å². The number of hydrogen-bond acceptors (Lipinski definition) is 4. The van der Waals surface area contributed by atoms with E-state index >= 15 is 0 Å². The van der Waals surface area contributed by atoms with Crippen LogP contribution >= 0.6 is 0 Å². The third kappa shape index (κ3) is 6.42. The Kier molecular flexibility index (Phi) is 7.81. The summed E-state index contributed by atoms with van der Waals surface area (Å²) in [7, 11) is 0. The summed E-state index contributed by atoms with van der Waals surface area (Å²) >= 11 is 0. The maximum atomic E-state index is 12.3. The molecular weight excluding hydrogens is 340 g/mol. The first-order valence-corrected chi connectivity index (χ1v) is 10.7. The van der Waals surface area contributed by atoms with Gasteiger partial charge in [0.2, 0.25) is 0 Å². The van der Waals surface area contributed by atoms with E-state index in [1.54, 1.807) is 0 Å². The number of amides is 1. The van der Waals surface area contributed by atoms with E-state index in [1.807, 2.05) is 24.3 Å². The maximum absolute atomic E-state index is 12.3. The van der Waals surface area contributed by atoms with Crippen LogP contribution in [0.1, 0.15) is 58.3 Å². The molecule has 3 aliphatic rings. The van der Waals surface area contributed by atoms with Gasteiger partial charge >= 0.3 is 6.09 Å². The summed E-state index contributed by atoms with van der Waals surface area (Å²) < 4.78 is 11.5. The number of nitrogens with zero attached hydrogens (tertiary/aromatic N) is 1. The molecule has 0 spiro atoms. The Balaban J connectivity index is 1.37. The molecule has 0 radical (unpaired) electrons. The molecule has 3 fully saturated rings. The topological polar surface area (TPSA) is 50.8 Å². The number of fused-ring (bicyclic) bond motifs is 3. The standard InChI is InChI=1S/C22H34N2O3/c1-2-3-4-5-6-7-15-26-20-10-8-9-19(16-20)23-22(25)27-21-17-24-13-11-18(21)12-14-24/h8-10,16,18,21H,2-7,11-15,17H2,1H3,(H,23,25). The van der Waals surface area contributed by atoms with Crippen molar-refractivity contribution < 1.29 is 14.3 Å². The second-order valence-electron chi connectivity index (χ2n) is 7.85. The largest absolute Gasteiger partial charge is 0.494 e. The average molecular weight is 375 g/mol.